The third kappa shape index (κ3) is 2.57. The lowest BCUT2D eigenvalue weighted by Crippen LogP contribution is -2.50. The van der Waals surface area contributed by atoms with Crippen LogP contribution in [0.25, 0.3) is 22.3 Å². The van der Waals surface area contributed by atoms with Crippen molar-refractivity contribution < 1.29 is 9.59 Å². The first-order chi connectivity index (χ1) is 18.4. The maximum absolute atomic E-state index is 14.5. The van der Waals surface area contributed by atoms with E-state index in [9.17, 15) is 9.59 Å². The Labute approximate surface area is 225 Å². The Balaban J connectivity index is 1.42. The molecule has 4 atom stereocenters. The number of fused-ring (bicyclic) bond motifs is 11. The number of amides is 2. The number of aryl methyl sites for hydroxylation is 2. The van der Waals surface area contributed by atoms with Crippen LogP contribution in [0.1, 0.15) is 35.2 Å². The van der Waals surface area contributed by atoms with Gasteiger partial charge in [-0.1, -0.05) is 35.9 Å². The van der Waals surface area contributed by atoms with Crippen molar-refractivity contribution in [2.24, 2.45) is 11.8 Å². The van der Waals surface area contributed by atoms with E-state index in [-0.39, 0.29) is 17.9 Å². The highest BCUT2D eigenvalue weighted by Crippen LogP contribution is 2.64. The topological polar surface area (TPSA) is 66.4 Å². The summed E-state index contributed by atoms with van der Waals surface area (Å²) in [5.41, 5.74) is 7.42. The minimum atomic E-state index is -0.828. The van der Waals surface area contributed by atoms with E-state index >= 15 is 0 Å². The van der Waals surface area contributed by atoms with Crippen LogP contribution in [0.4, 0.5) is 5.69 Å². The number of benzene rings is 3. The summed E-state index contributed by atoms with van der Waals surface area (Å²) in [4.78, 5) is 42.8. The molecule has 4 aliphatic rings. The zero-order valence-corrected chi connectivity index (χ0v) is 21.9. The highest BCUT2D eigenvalue weighted by molar-refractivity contribution is 6.31. The second-order valence-corrected chi connectivity index (χ2v) is 11.5. The van der Waals surface area contributed by atoms with Gasteiger partial charge in [0, 0.05) is 16.6 Å². The van der Waals surface area contributed by atoms with Crippen LogP contribution in [-0.4, -0.2) is 39.3 Å². The fourth-order valence-electron chi connectivity index (χ4n) is 7.67. The second kappa shape index (κ2) is 7.49. The Morgan fingerprint density at radius 1 is 0.921 bits per heavy atom. The van der Waals surface area contributed by atoms with Gasteiger partial charge in [-0.3, -0.25) is 14.5 Å². The minimum Gasteiger partial charge on any atom is -0.284 e. The van der Waals surface area contributed by atoms with E-state index in [1.165, 1.54) is 10.5 Å². The molecule has 2 amide bonds. The molecule has 188 valence electrons. The summed E-state index contributed by atoms with van der Waals surface area (Å²) >= 11 is 6.13. The van der Waals surface area contributed by atoms with Crippen molar-refractivity contribution in [3.05, 3.63) is 88.1 Å². The molecule has 38 heavy (non-hydrogen) atoms. The molecule has 3 saturated heterocycles. The van der Waals surface area contributed by atoms with Gasteiger partial charge in [0.15, 0.2) is 0 Å². The van der Waals surface area contributed by atoms with Crippen molar-refractivity contribution in [2.45, 2.75) is 38.3 Å². The van der Waals surface area contributed by atoms with Gasteiger partial charge in [0.1, 0.15) is 5.54 Å². The number of rotatable bonds is 1. The number of carbonyl (C=O) groups excluding carboxylic acids is 2. The monoisotopic (exact) mass is 520 g/mol. The van der Waals surface area contributed by atoms with Gasteiger partial charge in [-0.15, -0.1) is 0 Å². The Hall–Kier alpha value is -3.61. The van der Waals surface area contributed by atoms with Crippen molar-refractivity contribution in [1.82, 2.24) is 14.9 Å². The lowest BCUT2D eigenvalue weighted by molar-refractivity contribution is -0.124. The third-order valence-corrected chi connectivity index (χ3v) is 9.54. The van der Waals surface area contributed by atoms with E-state index in [0.717, 1.165) is 58.5 Å². The Morgan fingerprint density at radius 3 is 2.39 bits per heavy atom. The van der Waals surface area contributed by atoms with E-state index in [2.05, 4.69) is 43.0 Å². The predicted octanol–water partition coefficient (Wildman–Crippen LogP) is 5.41. The Kier molecular flexibility index (Phi) is 4.41. The number of halogens is 1. The normalized spacial score (nSPS) is 27.3. The zero-order chi connectivity index (χ0) is 25.9. The summed E-state index contributed by atoms with van der Waals surface area (Å²) in [6, 6.07) is 19.4. The van der Waals surface area contributed by atoms with Crippen molar-refractivity contribution in [1.29, 1.82) is 0 Å². The summed E-state index contributed by atoms with van der Waals surface area (Å²) in [5, 5.41) is 0.567. The number of hydrogen-bond acceptors (Lipinski definition) is 5. The van der Waals surface area contributed by atoms with Gasteiger partial charge in [0.05, 0.1) is 39.9 Å². The van der Waals surface area contributed by atoms with Crippen molar-refractivity contribution in [3.63, 3.8) is 0 Å². The summed E-state index contributed by atoms with van der Waals surface area (Å²) in [7, 11) is 0. The van der Waals surface area contributed by atoms with Crippen LogP contribution in [0.3, 0.4) is 0 Å². The molecule has 0 bridgehead atoms. The van der Waals surface area contributed by atoms with Crippen molar-refractivity contribution in [3.8, 4) is 11.3 Å². The smallest absolute Gasteiger partial charge is 0.240 e. The van der Waals surface area contributed by atoms with Gasteiger partial charge in [0.2, 0.25) is 11.8 Å². The molecule has 1 aromatic heterocycles. The number of nitrogens with zero attached hydrogens (tertiary/aromatic N) is 4. The molecule has 1 unspecified atom stereocenters. The molecule has 0 N–H and O–H groups in total. The van der Waals surface area contributed by atoms with Crippen LogP contribution >= 0.6 is 11.6 Å². The fourth-order valence-corrected chi connectivity index (χ4v) is 7.79. The molecule has 6 nitrogen and oxygen atoms in total. The molecule has 4 heterocycles. The molecule has 7 heteroatoms. The van der Waals surface area contributed by atoms with Gasteiger partial charge < -0.3 is 0 Å². The third-order valence-electron chi connectivity index (χ3n) is 9.29. The zero-order valence-electron chi connectivity index (χ0n) is 21.1. The van der Waals surface area contributed by atoms with Gasteiger partial charge in [-0.05, 0) is 86.3 Å². The number of anilines is 1. The van der Waals surface area contributed by atoms with Gasteiger partial charge >= 0.3 is 0 Å². The largest absolute Gasteiger partial charge is 0.284 e. The molecular weight excluding hydrogens is 496 g/mol. The van der Waals surface area contributed by atoms with E-state index in [0.29, 0.717) is 10.7 Å². The van der Waals surface area contributed by atoms with E-state index in [1.54, 1.807) is 24.3 Å². The van der Waals surface area contributed by atoms with Gasteiger partial charge in [0.25, 0.3) is 0 Å². The summed E-state index contributed by atoms with van der Waals surface area (Å²) in [5.74, 6) is -1.29. The standard InChI is InChI=1S/C31H25ClN4O2/c1-16-14-22-23(15-17(16)2)34-28-27(33-22)20-6-3-4-7-21(20)31(28)26-25(24-8-5-13-35(24)31)29(37)36(30(26)38)19-11-9-18(32)10-12-19/h3-4,6-7,9-12,14-15,24-26H,5,8,13H2,1-2H3/t24-,25-,26+,31?/m0/s1. The number of carbonyl (C=O) groups is 2. The minimum absolute atomic E-state index is 0.0231. The Morgan fingerprint density at radius 2 is 1.63 bits per heavy atom. The summed E-state index contributed by atoms with van der Waals surface area (Å²) in [6.07, 6.45) is 1.86. The average molecular weight is 521 g/mol. The average Bonchev–Trinajstić information content (AvgIpc) is 3.62. The summed E-state index contributed by atoms with van der Waals surface area (Å²) in [6.45, 7) is 4.99. The highest BCUT2D eigenvalue weighted by atomic mass is 35.5. The lowest BCUT2D eigenvalue weighted by atomic mass is 9.75. The fraction of sp³-hybridized carbons (Fsp3) is 0.290. The van der Waals surface area contributed by atoms with Gasteiger partial charge in [-0.2, -0.15) is 0 Å². The van der Waals surface area contributed by atoms with Gasteiger partial charge in [-0.25, -0.2) is 14.9 Å². The second-order valence-electron chi connectivity index (χ2n) is 11.1. The van der Waals surface area contributed by atoms with Crippen LogP contribution in [-0.2, 0) is 15.1 Å². The van der Waals surface area contributed by atoms with Crippen molar-refractivity contribution >= 4 is 40.1 Å². The molecule has 4 aromatic rings. The first-order valence-electron chi connectivity index (χ1n) is 13.2. The molecule has 3 aromatic carbocycles. The molecule has 3 fully saturated rings. The van der Waals surface area contributed by atoms with Crippen molar-refractivity contribution in [2.75, 3.05) is 11.4 Å². The SMILES string of the molecule is Cc1cc2nc3c(nc2cc1C)C1(c2ccccc2-3)[C@H]2C(=O)N(c3ccc(Cl)cc3)C(=O)[C@H]2[C@@H]2CCCN21. The van der Waals surface area contributed by atoms with E-state index in [1.807, 2.05) is 12.1 Å². The molecule has 0 saturated carbocycles. The molecule has 1 aliphatic carbocycles. The highest BCUT2D eigenvalue weighted by Gasteiger charge is 2.73. The number of hydrogen-bond donors (Lipinski definition) is 0. The van der Waals surface area contributed by atoms with Crippen LogP contribution in [0.5, 0.6) is 0 Å². The quantitative estimate of drug-likeness (QED) is 0.314. The number of aromatic nitrogens is 2. The van der Waals surface area contributed by atoms with E-state index in [4.69, 9.17) is 21.6 Å². The maximum Gasteiger partial charge on any atom is 0.240 e. The van der Waals surface area contributed by atoms with Crippen LogP contribution in [0, 0.1) is 25.7 Å². The molecule has 3 aliphatic heterocycles. The molecule has 8 rings (SSSR count). The lowest BCUT2D eigenvalue weighted by Gasteiger charge is -2.39. The molecular formula is C31H25ClN4O2. The first-order valence-corrected chi connectivity index (χ1v) is 13.6. The number of imide groups is 1. The van der Waals surface area contributed by atoms with Crippen LogP contribution in [0.15, 0.2) is 60.7 Å². The van der Waals surface area contributed by atoms with Crippen LogP contribution < -0.4 is 4.90 Å². The Bertz CT molecular complexity index is 1720. The van der Waals surface area contributed by atoms with Crippen LogP contribution in [0.2, 0.25) is 5.02 Å². The molecule has 0 radical (unpaired) electrons. The predicted molar refractivity (Wildman–Crippen MR) is 146 cm³/mol. The first kappa shape index (κ1) is 22.4. The summed E-state index contributed by atoms with van der Waals surface area (Å²) < 4.78 is 0. The molecule has 1 spiro atoms. The van der Waals surface area contributed by atoms with E-state index < -0.39 is 17.4 Å². The maximum atomic E-state index is 14.5.